The van der Waals surface area contributed by atoms with Crippen molar-refractivity contribution >= 4 is 0 Å². The minimum atomic E-state index is -0.527. The molecule has 5 aromatic rings. The first kappa shape index (κ1) is 25.3. The maximum absolute atomic E-state index is 4.89. The fourth-order valence-corrected chi connectivity index (χ4v) is 6.40. The van der Waals surface area contributed by atoms with Crippen molar-refractivity contribution in [3.63, 3.8) is 0 Å². The Kier molecular flexibility index (Phi) is 7.69. The predicted octanol–water partition coefficient (Wildman–Crippen LogP) is 8.27. The van der Waals surface area contributed by atoms with Crippen molar-refractivity contribution in [2.24, 2.45) is 0 Å². The highest BCUT2D eigenvalue weighted by atomic mass is 15.1. The van der Waals surface area contributed by atoms with Crippen LogP contribution in [0.15, 0.2) is 121 Å². The zero-order valence-corrected chi connectivity index (χ0v) is 22.5. The zero-order chi connectivity index (χ0) is 26.3. The molecule has 0 atom stereocenters. The van der Waals surface area contributed by atoms with Crippen LogP contribution in [0.1, 0.15) is 66.3 Å². The highest BCUT2D eigenvalue weighted by Crippen LogP contribution is 2.47. The van der Waals surface area contributed by atoms with Crippen molar-refractivity contribution in [3.05, 3.63) is 149 Å². The number of rotatable bonds is 8. The van der Waals surface area contributed by atoms with Crippen LogP contribution in [0.25, 0.3) is 11.3 Å². The Balaban J connectivity index is 1.46. The lowest BCUT2D eigenvalue weighted by Crippen LogP contribution is -2.31. The summed E-state index contributed by atoms with van der Waals surface area (Å²) < 4.78 is 0. The summed E-state index contributed by atoms with van der Waals surface area (Å²) in [5.41, 5.74) is 7.71. The van der Waals surface area contributed by atoms with Crippen molar-refractivity contribution in [2.75, 3.05) is 0 Å². The lowest BCUT2D eigenvalue weighted by molar-refractivity contribution is 0.459. The molecule has 3 nitrogen and oxygen atoms in total. The summed E-state index contributed by atoms with van der Waals surface area (Å²) in [6.07, 6.45) is 10.1. The van der Waals surface area contributed by atoms with Crippen molar-refractivity contribution in [1.82, 2.24) is 15.5 Å². The smallest absolute Gasteiger partial charge is 0.0968 e. The van der Waals surface area contributed by atoms with Gasteiger partial charge in [0.25, 0.3) is 0 Å². The molecule has 0 saturated heterocycles. The number of nitrogens with zero attached hydrogens (tertiary/aromatic N) is 1. The predicted molar refractivity (Wildman–Crippen MR) is 161 cm³/mol. The van der Waals surface area contributed by atoms with Gasteiger partial charge in [-0.25, -0.2) is 0 Å². The number of hydrogen-bond acceptors (Lipinski definition) is 2. The summed E-state index contributed by atoms with van der Waals surface area (Å²) in [6, 6.07) is 42.1. The molecule has 1 aliphatic carbocycles. The first-order chi connectivity index (χ1) is 19.4. The monoisotopic (exact) mass is 511 g/mol. The lowest BCUT2D eigenvalue weighted by Gasteiger charge is -2.36. The molecule has 0 spiro atoms. The Bertz CT molecular complexity index is 1350. The number of aromatic amines is 1. The van der Waals surface area contributed by atoms with Crippen LogP contribution in [0.4, 0.5) is 0 Å². The minimum Gasteiger partial charge on any atom is -0.310 e. The summed E-state index contributed by atoms with van der Waals surface area (Å²) in [6.45, 7) is 0.888. The molecule has 1 fully saturated rings. The van der Waals surface area contributed by atoms with Gasteiger partial charge in [-0.15, -0.1) is 0 Å². The molecule has 0 amide bonds. The maximum Gasteiger partial charge on any atom is 0.0968 e. The number of aromatic nitrogens is 2. The maximum atomic E-state index is 4.89. The quantitative estimate of drug-likeness (QED) is 0.163. The molecule has 1 aromatic heterocycles. The summed E-state index contributed by atoms with van der Waals surface area (Å²) in [5, 5.41) is 12.0. The van der Waals surface area contributed by atoms with Crippen molar-refractivity contribution < 1.29 is 0 Å². The molecule has 3 heteroatoms. The van der Waals surface area contributed by atoms with Gasteiger partial charge in [0.15, 0.2) is 0 Å². The first-order valence-electron chi connectivity index (χ1n) is 14.4. The molecule has 2 N–H and O–H groups in total. The van der Waals surface area contributed by atoms with E-state index in [4.69, 9.17) is 5.10 Å². The van der Waals surface area contributed by atoms with E-state index in [9.17, 15) is 0 Å². The molecular formula is C36H37N3. The summed E-state index contributed by atoms with van der Waals surface area (Å²) in [7, 11) is 0. The average Bonchev–Trinajstić information content (AvgIpc) is 3.35. The molecule has 4 aromatic carbocycles. The summed E-state index contributed by atoms with van der Waals surface area (Å²) in [4.78, 5) is 0. The molecule has 39 heavy (non-hydrogen) atoms. The summed E-state index contributed by atoms with van der Waals surface area (Å²) >= 11 is 0. The first-order valence-corrected chi connectivity index (χ1v) is 14.4. The topological polar surface area (TPSA) is 40.7 Å². The van der Waals surface area contributed by atoms with Crippen LogP contribution >= 0.6 is 0 Å². The second-order valence-electron chi connectivity index (χ2n) is 10.8. The Morgan fingerprint density at radius 3 is 1.79 bits per heavy atom. The van der Waals surface area contributed by atoms with Gasteiger partial charge in [-0.1, -0.05) is 135 Å². The van der Waals surface area contributed by atoms with E-state index in [0.29, 0.717) is 6.04 Å². The molecular weight excluding hydrogens is 474 g/mol. The molecule has 0 radical (unpaired) electrons. The van der Waals surface area contributed by atoms with Gasteiger partial charge in [0, 0.05) is 29.9 Å². The molecule has 1 aliphatic rings. The van der Waals surface area contributed by atoms with Gasteiger partial charge >= 0.3 is 0 Å². The number of nitrogens with one attached hydrogen (secondary N) is 2. The Hall–Kier alpha value is -3.95. The minimum absolute atomic E-state index is 0.527. The largest absolute Gasteiger partial charge is 0.310 e. The third kappa shape index (κ3) is 5.20. The SMILES string of the molecule is c1ccc(C(c2ccccc2)(c2ccccc2)c2c[nH]nc2-c2cccc(CNC3CCCCCC3)c2)cc1. The fraction of sp³-hybridized carbons (Fsp3) is 0.250. The van der Waals surface area contributed by atoms with Crippen LogP contribution in [0.5, 0.6) is 0 Å². The second-order valence-corrected chi connectivity index (χ2v) is 10.8. The van der Waals surface area contributed by atoms with Crippen molar-refractivity contribution in [3.8, 4) is 11.3 Å². The normalized spacial score (nSPS) is 14.7. The van der Waals surface area contributed by atoms with E-state index in [-0.39, 0.29) is 0 Å². The average molecular weight is 512 g/mol. The second kappa shape index (κ2) is 11.8. The Morgan fingerprint density at radius 2 is 1.23 bits per heavy atom. The molecule has 1 heterocycles. The van der Waals surface area contributed by atoms with Gasteiger partial charge in [-0.05, 0) is 41.2 Å². The molecule has 0 unspecified atom stereocenters. The van der Waals surface area contributed by atoms with E-state index in [0.717, 1.165) is 23.4 Å². The van der Waals surface area contributed by atoms with Crippen LogP contribution in [0, 0.1) is 0 Å². The number of hydrogen-bond donors (Lipinski definition) is 2. The molecule has 0 aliphatic heterocycles. The van der Waals surface area contributed by atoms with E-state index < -0.39 is 5.41 Å². The fourth-order valence-electron chi connectivity index (χ4n) is 6.40. The molecule has 0 bridgehead atoms. The molecule has 196 valence electrons. The number of H-pyrrole nitrogens is 1. The zero-order valence-electron chi connectivity index (χ0n) is 22.5. The third-order valence-corrected chi connectivity index (χ3v) is 8.32. The van der Waals surface area contributed by atoms with Gasteiger partial charge in [0.05, 0.1) is 11.1 Å². The highest BCUT2D eigenvalue weighted by Gasteiger charge is 2.41. The van der Waals surface area contributed by atoms with E-state index in [2.05, 4.69) is 132 Å². The standard InChI is InChI=1S/C36H37N3/c1-2-13-24-33(23-12-1)37-26-28-15-14-16-29(25-28)35-34(27-38-39-35)36(30-17-6-3-7-18-30,31-19-8-4-9-20-31)32-21-10-5-11-22-32/h3-11,14-22,25,27,33,37H,1-2,12-13,23-24,26H2,(H,38,39). The highest BCUT2D eigenvalue weighted by molar-refractivity contribution is 5.72. The van der Waals surface area contributed by atoms with Crippen LogP contribution in [-0.2, 0) is 12.0 Å². The molecule has 1 saturated carbocycles. The van der Waals surface area contributed by atoms with Crippen LogP contribution in [0.2, 0.25) is 0 Å². The van der Waals surface area contributed by atoms with E-state index in [1.165, 1.54) is 60.8 Å². The molecule has 6 rings (SSSR count). The number of benzene rings is 4. The van der Waals surface area contributed by atoms with Crippen LogP contribution in [-0.4, -0.2) is 16.2 Å². The van der Waals surface area contributed by atoms with Crippen LogP contribution < -0.4 is 5.32 Å². The Morgan fingerprint density at radius 1 is 0.667 bits per heavy atom. The van der Waals surface area contributed by atoms with Gasteiger partial charge < -0.3 is 5.32 Å². The van der Waals surface area contributed by atoms with E-state index in [1.54, 1.807) is 0 Å². The van der Waals surface area contributed by atoms with E-state index in [1.807, 2.05) is 0 Å². The van der Waals surface area contributed by atoms with Gasteiger partial charge in [-0.3, -0.25) is 5.10 Å². The van der Waals surface area contributed by atoms with Gasteiger partial charge in [0.1, 0.15) is 0 Å². The summed E-state index contributed by atoms with van der Waals surface area (Å²) in [5.74, 6) is 0. The van der Waals surface area contributed by atoms with Crippen molar-refractivity contribution in [1.29, 1.82) is 0 Å². The third-order valence-electron chi connectivity index (χ3n) is 8.32. The lowest BCUT2D eigenvalue weighted by atomic mass is 9.65. The van der Waals surface area contributed by atoms with E-state index >= 15 is 0 Å². The Labute approximate surface area is 232 Å². The van der Waals surface area contributed by atoms with Gasteiger partial charge in [0.2, 0.25) is 0 Å². The van der Waals surface area contributed by atoms with Crippen molar-refractivity contribution in [2.45, 2.75) is 56.5 Å². The van der Waals surface area contributed by atoms with Gasteiger partial charge in [-0.2, -0.15) is 5.10 Å². The van der Waals surface area contributed by atoms with Crippen LogP contribution in [0.3, 0.4) is 0 Å².